The second kappa shape index (κ2) is 7.34. The largest absolute Gasteiger partial charge is 0.376 e. The van der Waals surface area contributed by atoms with Crippen molar-refractivity contribution in [3.8, 4) is 0 Å². The van der Waals surface area contributed by atoms with Gasteiger partial charge in [0.2, 0.25) is 0 Å². The molecule has 0 fully saturated rings. The second-order valence-corrected chi connectivity index (χ2v) is 5.58. The summed E-state index contributed by atoms with van der Waals surface area (Å²) in [5.74, 6) is 0. The summed E-state index contributed by atoms with van der Waals surface area (Å²) < 4.78 is 5.71. The van der Waals surface area contributed by atoms with Gasteiger partial charge in [-0.1, -0.05) is 76.6 Å². The maximum Gasteiger partial charge on any atom is 0.0717 e. The molecule has 2 aromatic carbocycles. The summed E-state index contributed by atoms with van der Waals surface area (Å²) in [7, 11) is 0. The van der Waals surface area contributed by atoms with Gasteiger partial charge in [0.05, 0.1) is 13.2 Å². The molecule has 2 rings (SSSR count). The Hall–Kier alpha value is -1.12. The maximum absolute atomic E-state index is 5.71. The summed E-state index contributed by atoms with van der Waals surface area (Å²) in [6.45, 7) is 1.40. The Kier molecular flexibility index (Phi) is 5.43. The van der Waals surface area contributed by atoms with Gasteiger partial charge < -0.3 is 4.74 Å². The van der Waals surface area contributed by atoms with Crippen molar-refractivity contribution < 1.29 is 4.74 Å². The van der Waals surface area contributed by atoms with Gasteiger partial charge in [-0.3, -0.25) is 0 Å². The summed E-state index contributed by atoms with van der Waals surface area (Å²) in [5, 5.41) is 0. The molecule has 0 N–H and O–H groups in total. The van der Waals surface area contributed by atoms with E-state index in [0.717, 1.165) is 13.0 Å². The molecule has 1 unspecified atom stereocenters. The molecule has 2 aromatic rings. The number of alkyl halides is 1. The normalized spacial score (nSPS) is 12.3. The van der Waals surface area contributed by atoms with Crippen LogP contribution in [-0.4, -0.2) is 11.4 Å². The Morgan fingerprint density at radius 3 is 2.00 bits per heavy atom. The van der Waals surface area contributed by atoms with Crippen LogP contribution in [0, 0.1) is 0 Å². The van der Waals surface area contributed by atoms with Crippen LogP contribution in [0.3, 0.4) is 0 Å². The van der Waals surface area contributed by atoms with Crippen molar-refractivity contribution in [3.05, 3.63) is 71.8 Å². The minimum Gasteiger partial charge on any atom is -0.376 e. The van der Waals surface area contributed by atoms with Crippen LogP contribution in [0.5, 0.6) is 0 Å². The molecule has 0 saturated carbocycles. The van der Waals surface area contributed by atoms with Gasteiger partial charge in [0.1, 0.15) is 0 Å². The highest BCUT2D eigenvalue weighted by molar-refractivity contribution is 9.09. The van der Waals surface area contributed by atoms with Crippen molar-refractivity contribution in [3.63, 3.8) is 0 Å². The van der Waals surface area contributed by atoms with E-state index in [1.165, 1.54) is 11.1 Å². The summed E-state index contributed by atoms with van der Waals surface area (Å²) >= 11 is 3.66. The Morgan fingerprint density at radius 1 is 0.833 bits per heavy atom. The Morgan fingerprint density at radius 2 is 1.39 bits per heavy atom. The van der Waals surface area contributed by atoms with E-state index in [1.54, 1.807) is 0 Å². The topological polar surface area (TPSA) is 9.23 Å². The molecule has 0 radical (unpaired) electrons. The van der Waals surface area contributed by atoms with E-state index in [9.17, 15) is 0 Å². The third-order valence-electron chi connectivity index (χ3n) is 2.71. The highest BCUT2D eigenvalue weighted by atomic mass is 79.9. The molecule has 0 bridgehead atoms. The van der Waals surface area contributed by atoms with Gasteiger partial charge in [-0.15, -0.1) is 0 Å². The zero-order chi connectivity index (χ0) is 12.6. The van der Waals surface area contributed by atoms with Crippen molar-refractivity contribution in [2.75, 3.05) is 6.61 Å². The van der Waals surface area contributed by atoms with E-state index in [1.807, 2.05) is 24.3 Å². The van der Waals surface area contributed by atoms with E-state index in [2.05, 4.69) is 52.3 Å². The number of hydrogen-bond donors (Lipinski definition) is 0. The molecule has 0 aromatic heterocycles. The SMILES string of the molecule is BrC(COCc1ccccc1)Cc1ccccc1. The zero-order valence-corrected chi connectivity index (χ0v) is 11.8. The number of ether oxygens (including phenoxy) is 1. The molecular weight excluding hydrogens is 288 g/mol. The number of halogens is 1. The van der Waals surface area contributed by atoms with Crippen LogP contribution in [-0.2, 0) is 17.8 Å². The monoisotopic (exact) mass is 304 g/mol. The molecule has 1 nitrogen and oxygen atoms in total. The quantitative estimate of drug-likeness (QED) is 0.726. The van der Waals surface area contributed by atoms with Crippen LogP contribution in [0.15, 0.2) is 60.7 Å². The predicted octanol–water partition coefficient (Wildman–Crippen LogP) is 4.21. The smallest absolute Gasteiger partial charge is 0.0717 e. The van der Waals surface area contributed by atoms with Crippen LogP contribution >= 0.6 is 15.9 Å². The third-order valence-corrected chi connectivity index (χ3v) is 3.30. The highest BCUT2D eigenvalue weighted by Gasteiger charge is 2.05. The number of rotatable bonds is 6. The molecule has 0 saturated heterocycles. The lowest BCUT2D eigenvalue weighted by atomic mass is 10.1. The second-order valence-electron chi connectivity index (χ2n) is 4.29. The standard InChI is InChI=1S/C16H17BrO/c17-16(11-14-7-3-1-4-8-14)13-18-12-15-9-5-2-6-10-15/h1-10,16H,11-13H2. The van der Waals surface area contributed by atoms with Gasteiger partial charge in [-0.2, -0.15) is 0 Å². The molecule has 0 heterocycles. The highest BCUT2D eigenvalue weighted by Crippen LogP contribution is 2.11. The van der Waals surface area contributed by atoms with Crippen molar-refractivity contribution in [1.29, 1.82) is 0 Å². The fraction of sp³-hybridized carbons (Fsp3) is 0.250. The lowest BCUT2D eigenvalue weighted by molar-refractivity contribution is 0.123. The van der Waals surface area contributed by atoms with Gasteiger partial charge in [-0.05, 0) is 17.5 Å². The fourth-order valence-electron chi connectivity index (χ4n) is 1.81. The van der Waals surface area contributed by atoms with Crippen LogP contribution in [0.25, 0.3) is 0 Å². The average molecular weight is 305 g/mol. The molecule has 0 aliphatic rings. The van der Waals surface area contributed by atoms with E-state index in [4.69, 9.17) is 4.74 Å². The first-order valence-corrected chi connectivity index (χ1v) is 7.06. The molecule has 2 heteroatoms. The lowest BCUT2D eigenvalue weighted by Gasteiger charge is -2.10. The molecular formula is C16H17BrO. The number of benzene rings is 2. The molecule has 18 heavy (non-hydrogen) atoms. The van der Waals surface area contributed by atoms with Crippen molar-refractivity contribution in [1.82, 2.24) is 0 Å². The van der Waals surface area contributed by atoms with Crippen LogP contribution in [0.2, 0.25) is 0 Å². The summed E-state index contributed by atoms with van der Waals surface area (Å²) in [4.78, 5) is 0.364. The van der Waals surface area contributed by atoms with Crippen LogP contribution < -0.4 is 0 Å². The third kappa shape index (κ3) is 4.63. The van der Waals surface area contributed by atoms with Gasteiger partial charge in [0, 0.05) is 4.83 Å². The van der Waals surface area contributed by atoms with E-state index >= 15 is 0 Å². The van der Waals surface area contributed by atoms with Gasteiger partial charge in [0.15, 0.2) is 0 Å². The zero-order valence-electron chi connectivity index (χ0n) is 10.3. The van der Waals surface area contributed by atoms with Gasteiger partial charge >= 0.3 is 0 Å². The molecule has 0 amide bonds. The molecule has 0 aliphatic heterocycles. The van der Waals surface area contributed by atoms with E-state index in [-0.39, 0.29) is 0 Å². The molecule has 94 valence electrons. The first-order valence-electron chi connectivity index (χ1n) is 6.14. The summed E-state index contributed by atoms with van der Waals surface area (Å²) in [5.41, 5.74) is 2.56. The lowest BCUT2D eigenvalue weighted by Crippen LogP contribution is -2.11. The molecule has 1 atom stereocenters. The Labute approximate surface area is 117 Å². The molecule has 0 spiro atoms. The minimum absolute atomic E-state index is 0.364. The first-order chi connectivity index (χ1) is 8.84. The minimum atomic E-state index is 0.364. The fourth-order valence-corrected chi connectivity index (χ4v) is 2.37. The van der Waals surface area contributed by atoms with E-state index in [0.29, 0.717) is 11.4 Å². The van der Waals surface area contributed by atoms with Gasteiger partial charge in [-0.25, -0.2) is 0 Å². The van der Waals surface area contributed by atoms with Crippen molar-refractivity contribution >= 4 is 15.9 Å². The van der Waals surface area contributed by atoms with Gasteiger partial charge in [0.25, 0.3) is 0 Å². The van der Waals surface area contributed by atoms with Crippen LogP contribution in [0.1, 0.15) is 11.1 Å². The maximum atomic E-state index is 5.71. The Bertz CT molecular complexity index is 441. The molecule has 0 aliphatic carbocycles. The first kappa shape index (κ1) is 13.3. The predicted molar refractivity (Wildman–Crippen MR) is 79.0 cm³/mol. The Balaban J connectivity index is 1.71. The van der Waals surface area contributed by atoms with E-state index < -0.39 is 0 Å². The van der Waals surface area contributed by atoms with Crippen molar-refractivity contribution in [2.45, 2.75) is 17.9 Å². The summed E-state index contributed by atoms with van der Waals surface area (Å²) in [6, 6.07) is 20.7. The van der Waals surface area contributed by atoms with Crippen molar-refractivity contribution in [2.24, 2.45) is 0 Å². The number of hydrogen-bond acceptors (Lipinski definition) is 1. The van der Waals surface area contributed by atoms with Crippen LogP contribution in [0.4, 0.5) is 0 Å². The average Bonchev–Trinajstić information content (AvgIpc) is 2.41. The summed E-state index contributed by atoms with van der Waals surface area (Å²) in [6.07, 6.45) is 0.996.